The molecule has 8 heteroatoms. The number of piperazine rings is 1. The van der Waals surface area contributed by atoms with E-state index in [2.05, 4.69) is 35.1 Å². The first-order valence-electron chi connectivity index (χ1n) is 9.96. The van der Waals surface area contributed by atoms with E-state index in [0.29, 0.717) is 26.2 Å². The van der Waals surface area contributed by atoms with Gasteiger partial charge in [-0.2, -0.15) is 0 Å². The van der Waals surface area contributed by atoms with Crippen LogP contribution in [-0.2, 0) is 10.2 Å². The van der Waals surface area contributed by atoms with Crippen molar-refractivity contribution in [1.82, 2.24) is 15.1 Å². The summed E-state index contributed by atoms with van der Waals surface area (Å²) in [5.74, 6) is 2.27. The predicted molar refractivity (Wildman–Crippen MR) is 114 cm³/mol. The SMILES string of the molecule is CCOC(=O)N1CCN(C(=NC)NCC(C)(C)c2ccc(OC)c(OC)c2)CC1. The maximum Gasteiger partial charge on any atom is 0.409 e. The van der Waals surface area contributed by atoms with Gasteiger partial charge in [0.2, 0.25) is 0 Å². The van der Waals surface area contributed by atoms with Crippen molar-refractivity contribution in [3.8, 4) is 11.5 Å². The third-order valence-electron chi connectivity index (χ3n) is 5.17. The molecule has 1 aliphatic heterocycles. The molecule has 29 heavy (non-hydrogen) atoms. The van der Waals surface area contributed by atoms with Crippen molar-refractivity contribution < 1.29 is 19.0 Å². The van der Waals surface area contributed by atoms with E-state index < -0.39 is 0 Å². The maximum atomic E-state index is 11.9. The van der Waals surface area contributed by atoms with Gasteiger partial charge in [-0.25, -0.2) is 4.79 Å². The molecule has 1 aromatic rings. The summed E-state index contributed by atoms with van der Waals surface area (Å²) >= 11 is 0. The fourth-order valence-corrected chi connectivity index (χ4v) is 3.31. The average Bonchev–Trinajstić information content (AvgIpc) is 2.74. The van der Waals surface area contributed by atoms with Gasteiger partial charge < -0.3 is 29.3 Å². The minimum absolute atomic E-state index is 0.151. The van der Waals surface area contributed by atoms with Crippen molar-refractivity contribution in [3.63, 3.8) is 0 Å². The van der Waals surface area contributed by atoms with Crippen LogP contribution in [0.25, 0.3) is 0 Å². The van der Waals surface area contributed by atoms with Gasteiger partial charge in [-0.1, -0.05) is 19.9 Å². The fourth-order valence-electron chi connectivity index (χ4n) is 3.31. The lowest BCUT2D eigenvalue weighted by Crippen LogP contribution is -2.55. The number of ether oxygens (including phenoxy) is 3. The van der Waals surface area contributed by atoms with Gasteiger partial charge in [0.25, 0.3) is 0 Å². The summed E-state index contributed by atoms with van der Waals surface area (Å²) in [5, 5.41) is 3.48. The molecule has 1 amide bonds. The van der Waals surface area contributed by atoms with Crippen LogP contribution in [0.4, 0.5) is 4.79 Å². The van der Waals surface area contributed by atoms with Gasteiger partial charge >= 0.3 is 6.09 Å². The number of guanidine groups is 1. The zero-order valence-electron chi connectivity index (χ0n) is 18.4. The third kappa shape index (κ3) is 5.68. The molecule has 0 aliphatic carbocycles. The average molecular weight is 407 g/mol. The number of nitrogens with one attached hydrogen (secondary N) is 1. The van der Waals surface area contributed by atoms with Crippen molar-refractivity contribution >= 4 is 12.1 Å². The van der Waals surface area contributed by atoms with Crippen LogP contribution in [0, 0.1) is 0 Å². The monoisotopic (exact) mass is 406 g/mol. The van der Waals surface area contributed by atoms with Gasteiger partial charge in [0.05, 0.1) is 20.8 Å². The Hall–Kier alpha value is -2.64. The Morgan fingerprint density at radius 1 is 1.10 bits per heavy atom. The Kier molecular flexibility index (Phi) is 7.99. The number of hydrogen-bond acceptors (Lipinski definition) is 5. The van der Waals surface area contributed by atoms with E-state index in [0.717, 1.165) is 36.1 Å². The predicted octanol–water partition coefficient (Wildman–Crippen LogP) is 2.33. The minimum atomic E-state index is -0.246. The smallest absolute Gasteiger partial charge is 0.409 e. The van der Waals surface area contributed by atoms with E-state index >= 15 is 0 Å². The molecule has 1 aromatic carbocycles. The standard InChI is InChI=1S/C21H34N4O4/c1-7-29-20(26)25-12-10-24(11-13-25)19(22-4)23-15-21(2,3)16-8-9-17(27-5)18(14-16)28-6/h8-9,14H,7,10-13,15H2,1-6H3,(H,22,23). The topological polar surface area (TPSA) is 75.6 Å². The first-order chi connectivity index (χ1) is 13.9. The Balaban J connectivity index is 1.97. The van der Waals surface area contributed by atoms with E-state index in [1.807, 2.05) is 19.1 Å². The molecular formula is C21H34N4O4. The molecule has 0 atom stereocenters. The maximum absolute atomic E-state index is 11.9. The summed E-state index contributed by atoms with van der Waals surface area (Å²) in [7, 11) is 5.06. The molecule has 1 fully saturated rings. The second kappa shape index (κ2) is 10.2. The molecule has 2 rings (SSSR count). The first-order valence-corrected chi connectivity index (χ1v) is 9.96. The molecule has 0 aromatic heterocycles. The highest BCUT2D eigenvalue weighted by molar-refractivity contribution is 5.80. The van der Waals surface area contributed by atoms with Crippen molar-refractivity contribution in [2.45, 2.75) is 26.2 Å². The van der Waals surface area contributed by atoms with Gasteiger partial charge in [0, 0.05) is 45.2 Å². The summed E-state index contributed by atoms with van der Waals surface area (Å²) in [6, 6.07) is 6.00. The number of rotatable bonds is 6. The molecule has 1 heterocycles. The van der Waals surface area contributed by atoms with Crippen molar-refractivity contribution in [2.24, 2.45) is 4.99 Å². The number of nitrogens with zero attached hydrogens (tertiary/aromatic N) is 3. The molecule has 1 N–H and O–H groups in total. The molecule has 0 spiro atoms. The Labute approximate surface area is 173 Å². The molecular weight excluding hydrogens is 372 g/mol. The molecule has 0 saturated carbocycles. The Morgan fingerprint density at radius 3 is 2.28 bits per heavy atom. The highest BCUT2D eigenvalue weighted by Gasteiger charge is 2.26. The van der Waals surface area contributed by atoms with Crippen LogP contribution in [-0.4, -0.2) is 82.5 Å². The molecule has 0 unspecified atom stereocenters. The summed E-state index contributed by atoms with van der Waals surface area (Å²) in [6.45, 7) is 9.95. The second-order valence-electron chi connectivity index (χ2n) is 7.53. The summed E-state index contributed by atoms with van der Waals surface area (Å²) < 4.78 is 15.9. The van der Waals surface area contributed by atoms with Crippen LogP contribution in [0.2, 0.25) is 0 Å². The summed E-state index contributed by atoms with van der Waals surface area (Å²) in [4.78, 5) is 20.2. The number of hydrogen-bond donors (Lipinski definition) is 1. The Bertz CT molecular complexity index is 713. The van der Waals surface area contributed by atoms with Crippen LogP contribution < -0.4 is 14.8 Å². The largest absolute Gasteiger partial charge is 0.493 e. The highest BCUT2D eigenvalue weighted by Crippen LogP contribution is 2.32. The third-order valence-corrected chi connectivity index (χ3v) is 5.17. The molecule has 8 nitrogen and oxygen atoms in total. The molecule has 1 saturated heterocycles. The fraction of sp³-hybridized carbons (Fsp3) is 0.619. The normalized spacial score (nSPS) is 15.2. The van der Waals surface area contributed by atoms with Gasteiger partial charge in [0.1, 0.15) is 0 Å². The lowest BCUT2D eigenvalue weighted by molar-refractivity contribution is 0.0914. The molecule has 162 valence electrons. The van der Waals surface area contributed by atoms with Crippen molar-refractivity contribution in [3.05, 3.63) is 23.8 Å². The number of amides is 1. The van der Waals surface area contributed by atoms with Crippen LogP contribution in [0.5, 0.6) is 11.5 Å². The molecule has 1 aliphatic rings. The van der Waals surface area contributed by atoms with E-state index in [-0.39, 0.29) is 11.5 Å². The lowest BCUT2D eigenvalue weighted by atomic mass is 9.84. The van der Waals surface area contributed by atoms with Crippen LogP contribution in [0.1, 0.15) is 26.3 Å². The van der Waals surface area contributed by atoms with Crippen LogP contribution in [0.15, 0.2) is 23.2 Å². The zero-order chi connectivity index (χ0) is 21.4. The minimum Gasteiger partial charge on any atom is -0.493 e. The number of methoxy groups -OCH3 is 2. The molecule has 0 bridgehead atoms. The second-order valence-corrected chi connectivity index (χ2v) is 7.53. The Morgan fingerprint density at radius 2 is 1.72 bits per heavy atom. The number of benzene rings is 1. The highest BCUT2D eigenvalue weighted by atomic mass is 16.6. The van der Waals surface area contributed by atoms with Crippen LogP contribution in [0.3, 0.4) is 0 Å². The van der Waals surface area contributed by atoms with Crippen molar-refractivity contribution in [1.29, 1.82) is 0 Å². The number of carbonyl (C=O) groups is 1. The zero-order valence-corrected chi connectivity index (χ0v) is 18.4. The summed E-state index contributed by atoms with van der Waals surface area (Å²) in [5.41, 5.74) is 0.993. The molecule has 0 radical (unpaired) electrons. The van der Waals surface area contributed by atoms with Gasteiger partial charge in [-0.15, -0.1) is 0 Å². The van der Waals surface area contributed by atoms with Gasteiger partial charge in [-0.3, -0.25) is 4.99 Å². The van der Waals surface area contributed by atoms with E-state index in [1.165, 1.54) is 0 Å². The van der Waals surface area contributed by atoms with Gasteiger partial charge in [-0.05, 0) is 24.6 Å². The first kappa shape index (κ1) is 22.6. The van der Waals surface area contributed by atoms with Gasteiger partial charge in [0.15, 0.2) is 17.5 Å². The number of aliphatic imine (C=N–C) groups is 1. The number of carbonyl (C=O) groups excluding carboxylic acids is 1. The quantitative estimate of drug-likeness (QED) is 0.577. The van der Waals surface area contributed by atoms with Crippen molar-refractivity contribution in [2.75, 3.05) is 60.6 Å². The van der Waals surface area contributed by atoms with E-state index in [9.17, 15) is 4.79 Å². The van der Waals surface area contributed by atoms with Crippen LogP contribution >= 0.6 is 0 Å². The van der Waals surface area contributed by atoms with E-state index in [1.54, 1.807) is 26.2 Å². The summed E-state index contributed by atoms with van der Waals surface area (Å²) in [6.07, 6.45) is -0.246. The lowest BCUT2D eigenvalue weighted by Gasteiger charge is -2.37. The van der Waals surface area contributed by atoms with E-state index in [4.69, 9.17) is 14.2 Å².